The van der Waals surface area contributed by atoms with E-state index in [9.17, 15) is 0 Å². The summed E-state index contributed by atoms with van der Waals surface area (Å²) in [5.74, 6) is 0. The molecule has 0 saturated heterocycles. The number of aryl methyl sites for hydroxylation is 1. The predicted molar refractivity (Wildman–Crippen MR) is 58.4 cm³/mol. The average Bonchev–Trinajstić information content (AvgIpc) is 2.74. The van der Waals surface area contributed by atoms with E-state index in [0.29, 0.717) is 0 Å². The van der Waals surface area contributed by atoms with Gasteiger partial charge in [0.25, 0.3) is 0 Å². The zero-order valence-corrected chi connectivity index (χ0v) is 9.09. The molecule has 3 rings (SSSR count). The number of hydrogen-bond acceptors (Lipinski definition) is 2. The van der Waals surface area contributed by atoms with Gasteiger partial charge in [-0.2, -0.15) is 0 Å². The zero-order valence-electron chi connectivity index (χ0n) is 7.50. The normalized spacial score (nSPS) is 11.6. The molecule has 0 saturated carbocycles. The fourth-order valence-corrected chi connectivity index (χ4v) is 2.23. The average molecular weight is 251 g/mol. The van der Waals surface area contributed by atoms with Crippen LogP contribution in [0.4, 0.5) is 0 Å². The monoisotopic (exact) mass is 250 g/mol. The quantitative estimate of drug-likeness (QED) is 0.597. The molecule has 3 aromatic rings. The molecule has 2 heterocycles. The molecule has 2 aromatic heterocycles. The van der Waals surface area contributed by atoms with Crippen molar-refractivity contribution >= 4 is 37.9 Å². The molecular weight excluding hydrogens is 244 g/mol. The first-order valence-electron chi connectivity index (χ1n) is 4.31. The van der Waals surface area contributed by atoms with E-state index in [1.165, 1.54) is 0 Å². The van der Waals surface area contributed by atoms with E-state index < -0.39 is 0 Å². The Morgan fingerprint density at radius 1 is 1.14 bits per heavy atom. The molecule has 14 heavy (non-hydrogen) atoms. The first-order valence-corrected chi connectivity index (χ1v) is 5.10. The van der Waals surface area contributed by atoms with Crippen LogP contribution in [0.3, 0.4) is 0 Å². The van der Waals surface area contributed by atoms with E-state index in [4.69, 9.17) is 8.83 Å². The highest BCUT2D eigenvalue weighted by Crippen LogP contribution is 2.34. The van der Waals surface area contributed by atoms with E-state index >= 15 is 0 Å². The molecule has 0 aliphatic carbocycles. The number of fused-ring (bicyclic) bond motifs is 3. The van der Waals surface area contributed by atoms with Crippen molar-refractivity contribution in [3.05, 3.63) is 34.7 Å². The minimum Gasteiger partial charge on any atom is -0.460 e. The van der Waals surface area contributed by atoms with Crippen LogP contribution < -0.4 is 0 Å². The molecule has 0 unspecified atom stereocenters. The minimum atomic E-state index is 0.808. The Hall–Kier alpha value is -1.22. The largest absolute Gasteiger partial charge is 0.460 e. The second kappa shape index (κ2) is 2.64. The van der Waals surface area contributed by atoms with Gasteiger partial charge in [-0.1, -0.05) is 15.9 Å². The van der Waals surface area contributed by atoms with E-state index in [0.717, 1.165) is 32.0 Å². The number of rotatable bonds is 0. The third kappa shape index (κ3) is 0.904. The molecular formula is C11H7BrO2. The van der Waals surface area contributed by atoms with Gasteiger partial charge in [0, 0.05) is 15.2 Å². The standard InChI is InChI=1S/C11H7BrO2/c1-6-5-14-11-8(6)4-9(12)7-2-3-13-10(7)11/h2-5H,1H3. The molecule has 0 amide bonds. The van der Waals surface area contributed by atoms with E-state index in [1.807, 2.05) is 13.0 Å². The predicted octanol–water partition coefficient (Wildman–Crippen LogP) is 4.25. The Balaban J connectivity index is 2.67. The van der Waals surface area contributed by atoms with Gasteiger partial charge in [0.1, 0.15) is 0 Å². The highest BCUT2D eigenvalue weighted by atomic mass is 79.9. The van der Waals surface area contributed by atoms with Crippen LogP contribution in [0.1, 0.15) is 5.56 Å². The summed E-state index contributed by atoms with van der Waals surface area (Å²) in [6, 6.07) is 3.99. The number of furan rings is 2. The van der Waals surface area contributed by atoms with Crippen LogP contribution in [-0.4, -0.2) is 0 Å². The van der Waals surface area contributed by atoms with Gasteiger partial charge >= 0.3 is 0 Å². The zero-order chi connectivity index (χ0) is 9.71. The lowest BCUT2D eigenvalue weighted by atomic mass is 10.1. The second-order valence-corrected chi connectivity index (χ2v) is 4.17. The van der Waals surface area contributed by atoms with Crippen LogP contribution in [0.25, 0.3) is 21.9 Å². The van der Waals surface area contributed by atoms with Gasteiger partial charge in [-0.15, -0.1) is 0 Å². The Kier molecular flexibility index (Phi) is 1.53. The van der Waals surface area contributed by atoms with Gasteiger partial charge in [0.15, 0.2) is 11.2 Å². The lowest BCUT2D eigenvalue weighted by molar-refractivity contribution is 0.581. The van der Waals surface area contributed by atoms with Gasteiger partial charge < -0.3 is 8.83 Å². The van der Waals surface area contributed by atoms with Crippen molar-refractivity contribution in [2.75, 3.05) is 0 Å². The second-order valence-electron chi connectivity index (χ2n) is 3.32. The molecule has 0 bridgehead atoms. The van der Waals surface area contributed by atoms with Crippen molar-refractivity contribution < 1.29 is 8.83 Å². The van der Waals surface area contributed by atoms with E-state index in [-0.39, 0.29) is 0 Å². The smallest absolute Gasteiger partial charge is 0.178 e. The lowest BCUT2D eigenvalue weighted by Crippen LogP contribution is -1.72. The molecule has 0 N–H and O–H groups in total. The van der Waals surface area contributed by atoms with Crippen molar-refractivity contribution in [2.24, 2.45) is 0 Å². The topological polar surface area (TPSA) is 26.3 Å². The van der Waals surface area contributed by atoms with Crippen molar-refractivity contribution in [3.63, 3.8) is 0 Å². The van der Waals surface area contributed by atoms with Crippen molar-refractivity contribution in [1.82, 2.24) is 0 Å². The first-order chi connectivity index (χ1) is 6.77. The summed E-state index contributed by atoms with van der Waals surface area (Å²) < 4.78 is 11.9. The van der Waals surface area contributed by atoms with Gasteiger partial charge in [-0.25, -0.2) is 0 Å². The van der Waals surface area contributed by atoms with Crippen LogP contribution in [0.15, 0.2) is 38.0 Å². The molecule has 0 fully saturated rings. The SMILES string of the molecule is Cc1coc2c1cc(Br)c1ccoc12. The Bertz CT molecular complexity index is 619. The van der Waals surface area contributed by atoms with Gasteiger partial charge in [0.05, 0.1) is 12.5 Å². The summed E-state index contributed by atoms with van der Waals surface area (Å²) >= 11 is 3.51. The fourth-order valence-electron chi connectivity index (χ4n) is 1.69. The summed E-state index contributed by atoms with van der Waals surface area (Å²) in [7, 11) is 0. The van der Waals surface area contributed by atoms with E-state index in [1.54, 1.807) is 12.5 Å². The fraction of sp³-hybridized carbons (Fsp3) is 0.0909. The maximum absolute atomic E-state index is 5.46. The maximum atomic E-state index is 5.46. The van der Waals surface area contributed by atoms with Crippen LogP contribution in [0, 0.1) is 6.92 Å². The highest BCUT2D eigenvalue weighted by Gasteiger charge is 2.11. The molecule has 70 valence electrons. The number of benzene rings is 1. The van der Waals surface area contributed by atoms with Crippen molar-refractivity contribution in [1.29, 1.82) is 0 Å². The summed E-state index contributed by atoms with van der Waals surface area (Å²) in [4.78, 5) is 0. The summed E-state index contributed by atoms with van der Waals surface area (Å²) in [5.41, 5.74) is 2.76. The van der Waals surface area contributed by atoms with Gasteiger partial charge in [-0.05, 0) is 24.6 Å². The van der Waals surface area contributed by atoms with Crippen LogP contribution in [-0.2, 0) is 0 Å². The summed E-state index contributed by atoms with van der Waals surface area (Å²) in [5, 5.41) is 2.14. The third-order valence-corrected chi connectivity index (χ3v) is 3.08. The maximum Gasteiger partial charge on any atom is 0.178 e. The number of halogens is 1. The molecule has 0 atom stereocenters. The third-order valence-electron chi connectivity index (χ3n) is 2.42. The minimum absolute atomic E-state index is 0.808. The Labute approximate surface area is 88.6 Å². The Morgan fingerprint density at radius 2 is 1.93 bits per heavy atom. The molecule has 0 radical (unpaired) electrons. The molecule has 1 aromatic carbocycles. The molecule has 0 spiro atoms. The van der Waals surface area contributed by atoms with Crippen LogP contribution in [0.2, 0.25) is 0 Å². The van der Waals surface area contributed by atoms with Gasteiger partial charge in [-0.3, -0.25) is 0 Å². The summed E-state index contributed by atoms with van der Waals surface area (Å²) in [6.07, 6.45) is 3.42. The first kappa shape index (κ1) is 8.12. The molecule has 0 aliphatic heterocycles. The Morgan fingerprint density at radius 3 is 2.79 bits per heavy atom. The van der Waals surface area contributed by atoms with Crippen LogP contribution >= 0.6 is 15.9 Å². The van der Waals surface area contributed by atoms with Crippen molar-refractivity contribution in [3.8, 4) is 0 Å². The van der Waals surface area contributed by atoms with Gasteiger partial charge in [0.2, 0.25) is 0 Å². The van der Waals surface area contributed by atoms with Crippen molar-refractivity contribution in [2.45, 2.75) is 6.92 Å². The van der Waals surface area contributed by atoms with Crippen LogP contribution in [0.5, 0.6) is 0 Å². The molecule has 0 aliphatic rings. The molecule has 2 nitrogen and oxygen atoms in total. The summed E-state index contributed by atoms with van der Waals surface area (Å²) in [6.45, 7) is 2.02. The van der Waals surface area contributed by atoms with E-state index in [2.05, 4.69) is 22.0 Å². The molecule has 3 heteroatoms. The number of hydrogen-bond donors (Lipinski definition) is 0. The lowest BCUT2D eigenvalue weighted by Gasteiger charge is -1.95. The highest BCUT2D eigenvalue weighted by molar-refractivity contribution is 9.10.